The molecule has 3 rings (SSSR count). The molecule has 0 aliphatic carbocycles. The number of phenols is 1. The highest BCUT2D eigenvalue weighted by atomic mass is 16.5. The van der Waals surface area contributed by atoms with Gasteiger partial charge in [0.05, 0.1) is 5.56 Å². The van der Waals surface area contributed by atoms with E-state index in [4.69, 9.17) is 4.52 Å². The molecule has 0 spiro atoms. The van der Waals surface area contributed by atoms with E-state index in [0.29, 0.717) is 17.1 Å². The zero-order valence-corrected chi connectivity index (χ0v) is 10.9. The van der Waals surface area contributed by atoms with Crippen LogP contribution in [0.2, 0.25) is 0 Å². The summed E-state index contributed by atoms with van der Waals surface area (Å²) in [6, 6.07) is 10.7. The molecule has 0 aliphatic rings. The lowest BCUT2D eigenvalue weighted by Gasteiger charge is -2.00. The fraction of sp³-hybridized carbons (Fsp3) is 0.133. The number of rotatable bonds is 3. The first-order valence-corrected chi connectivity index (χ1v) is 6.36. The third-order valence-electron chi connectivity index (χ3n) is 3.04. The lowest BCUT2D eigenvalue weighted by Crippen LogP contribution is -1.92. The lowest BCUT2D eigenvalue weighted by molar-refractivity contribution is 0.425. The van der Waals surface area contributed by atoms with Gasteiger partial charge in [-0.1, -0.05) is 30.3 Å². The van der Waals surface area contributed by atoms with Crippen molar-refractivity contribution in [1.82, 2.24) is 15.1 Å². The molecule has 0 radical (unpaired) electrons. The summed E-state index contributed by atoms with van der Waals surface area (Å²) in [5.74, 6) is 0.825. The second-order valence-electron chi connectivity index (χ2n) is 4.30. The number of para-hydroxylation sites is 1. The van der Waals surface area contributed by atoms with Crippen LogP contribution in [0.3, 0.4) is 0 Å². The predicted molar refractivity (Wildman–Crippen MR) is 74.0 cm³/mol. The van der Waals surface area contributed by atoms with E-state index in [1.807, 2.05) is 19.1 Å². The molecule has 0 saturated carbocycles. The summed E-state index contributed by atoms with van der Waals surface area (Å²) in [6.45, 7) is 2.05. The number of aromatic nitrogens is 3. The van der Waals surface area contributed by atoms with Crippen molar-refractivity contribution in [1.29, 1.82) is 0 Å². The minimum Gasteiger partial charge on any atom is -0.507 e. The van der Waals surface area contributed by atoms with Gasteiger partial charge in [0.15, 0.2) is 0 Å². The number of benzene rings is 1. The van der Waals surface area contributed by atoms with Crippen LogP contribution in [0, 0.1) is 0 Å². The third-order valence-corrected chi connectivity index (χ3v) is 3.04. The van der Waals surface area contributed by atoms with Crippen LogP contribution in [-0.4, -0.2) is 20.2 Å². The van der Waals surface area contributed by atoms with Crippen molar-refractivity contribution in [2.75, 3.05) is 0 Å². The Kier molecular flexibility index (Phi) is 3.16. The molecule has 2 heterocycles. The summed E-state index contributed by atoms with van der Waals surface area (Å²) in [5.41, 5.74) is 2.28. The van der Waals surface area contributed by atoms with Gasteiger partial charge in [0.1, 0.15) is 11.4 Å². The molecule has 0 unspecified atom stereocenters. The first kappa shape index (κ1) is 12.3. The summed E-state index contributed by atoms with van der Waals surface area (Å²) in [4.78, 5) is 8.62. The molecular formula is C15H13N3O2. The van der Waals surface area contributed by atoms with Crippen molar-refractivity contribution in [2.24, 2.45) is 0 Å². The molecule has 5 nitrogen and oxygen atoms in total. The number of pyridine rings is 1. The summed E-state index contributed by atoms with van der Waals surface area (Å²) in [5, 5.41) is 13.8. The largest absolute Gasteiger partial charge is 0.507 e. The number of nitrogens with zero attached hydrogens (tertiary/aromatic N) is 3. The topological polar surface area (TPSA) is 72.0 Å². The van der Waals surface area contributed by atoms with Crippen molar-refractivity contribution < 1.29 is 9.63 Å². The molecule has 0 aliphatic heterocycles. The third kappa shape index (κ3) is 2.14. The van der Waals surface area contributed by atoms with Crippen LogP contribution in [0.5, 0.6) is 5.75 Å². The van der Waals surface area contributed by atoms with E-state index in [1.54, 1.807) is 30.5 Å². The summed E-state index contributed by atoms with van der Waals surface area (Å²) < 4.78 is 5.22. The van der Waals surface area contributed by atoms with Gasteiger partial charge in [-0.15, -0.1) is 0 Å². The Bertz CT molecular complexity index is 737. The molecule has 0 amide bonds. The fourth-order valence-corrected chi connectivity index (χ4v) is 2.01. The van der Waals surface area contributed by atoms with Crippen LogP contribution in [-0.2, 0) is 6.42 Å². The molecule has 1 aromatic carbocycles. The monoisotopic (exact) mass is 267 g/mol. The van der Waals surface area contributed by atoms with E-state index in [2.05, 4.69) is 15.1 Å². The van der Waals surface area contributed by atoms with Crippen LogP contribution in [0.15, 0.2) is 47.1 Å². The van der Waals surface area contributed by atoms with Crippen molar-refractivity contribution in [3.05, 3.63) is 48.2 Å². The zero-order chi connectivity index (χ0) is 13.9. The van der Waals surface area contributed by atoms with Gasteiger partial charge in [0, 0.05) is 6.20 Å². The maximum Gasteiger partial charge on any atom is 0.262 e. The zero-order valence-electron chi connectivity index (χ0n) is 10.9. The average Bonchev–Trinajstić information content (AvgIpc) is 2.97. The SMILES string of the molecule is CCc1cccnc1-c1noc(-c2ccccc2O)n1. The number of aryl methyl sites for hydroxylation is 1. The molecule has 1 N–H and O–H groups in total. The highest BCUT2D eigenvalue weighted by molar-refractivity contribution is 5.64. The van der Waals surface area contributed by atoms with Crippen molar-refractivity contribution in [2.45, 2.75) is 13.3 Å². The molecule has 0 atom stereocenters. The number of aromatic hydroxyl groups is 1. The quantitative estimate of drug-likeness (QED) is 0.789. The van der Waals surface area contributed by atoms with Gasteiger partial charge < -0.3 is 9.63 Å². The molecule has 2 aromatic heterocycles. The molecular weight excluding hydrogens is 254 g/mol. The lowest BCUT2D eigenvalue weighted by atomic mass is 10.1. The second kappa shape index (κ2) is 5.13. The van der Waals surface area contributed by atoms with Crippen LogP contribution < -0.4 is 0 Å². The van der Waals surface area contributed by atoms with E-state index >= 15 is 0 Å². The Morgan fingerprint density at radius 3 is 2.80 bits per heavy atom. The van der Waals surface area contributed by atoms with Gasteiger partial charge >= 0.3 is 0 Å². The van der Waals surface area contributed by atoms with Crippen molar-refractivity contribution in [3.63, 3.8) is 0 Å². The van der Waals surface area contributed by atoms with Crippen molar-refractivity contribution >= 4 is 0 Å². The fourth-order valence-electron chi connectivity index (χ4n) is 2.01. The Labute approximate surface area is 115 Å². The molecule has 20 heavy (non-hydrogen) atoms. The van der Waals surface area contributed by atoms with Crippen LogP contribution >= 0.6 is 0 Å². The minimum absolute atomic E-state index is 0.111. The van der Waals surface area contributed by atoms with E-state index < -0.39 is 0 Å². The van der Waals surface area contributed by atoms with Gasteiger partial charge in [-0.3, -0.25) is 4.98 Å². The van der Waals surface area contributed by atoms with Gasteiger partial charge in [0.25, 0.3) is 5.89 Å². The number of hydrogen-bond donors (Lipinski definition) is 1. The molecule has 100 valence electrons. The maximum atomic E-state index is 9.80. The Balaban J connectivity index is 2.05. The summed E-state index contributed by atoms with van der Waals surface area (Å²) >= 11 is 0. The van der Waals surface area contributed by atoms with Gasteiger partial charge in [-0.25, -0.2) is 0 Å². The number of hydrogen-bond acceptors (Lipinski definition) is 5. The average molecular weight is 267 g/mol. The van der Waals surface area contributed by atoms with Gasteiger partial charge in [-0.2, -0.15) is 4.98 Å². The normalized spacial score (nSPS) is 10.7. The van der Waals surface area contributed by atoms with Crippen LogP contribution in [0.4, 0.5) is 0 Å². The van der Waals surface area contributed by atoms with E-state index in [-0.39, 0.29) is 11.6 Å². The predicted octanol–water partition coefficient (Wildman–Crippen LogP) is 3.07. The smallest absolute Gasteiger partial charge is 0.262 e. The summed E-state index contributed by atoms with van der Waals surface area (Å²) in [7, 11) is 0. The molecule has 3 aromatic rings. The Hall–Kier alpha value is -2.69. The van der Waals surface area contributed by atoms with E-state index in [0.717, 1.165) is 12.0 Å². The first-order valence-electron chi connectivity index (χ1n) is 6.36. The van der Waals surface area contributed by atoms with Gasteiger partial charge in [-0.05, 0) is 30.2 Å². The highest BCUT2D eigenvalue weighted by Gasteiger charge is 2.15. The Morgan fingerprint density at radius 1 is 1.15 bits per heavy atom. The first-order chi connectivity index (χ1) is 9.79. The molecule has 0 saturated heterocycles. The van der Waals surface area contributed by atoms with E-state index in [9.17, 15) is 5.11 Å². The standard InChI is InChI=1S/C15H13N3O2/c1-2-10-6-5-9-16-13(10)14-17-15(20-18-14)11-7-3-4-8-12(11)19/h3-9,19H,2H2,1H3. The maximum absolute atomic E-state index is 9.80. The van der Waals surface area contributed by atoms with Crippen LogP contribution in [0.25, 0.3) is 23.0 Å². The van der Waals surface area contributed by atoms with Crippen molar-refractivity contribution in [3.8, 4) is 28.7 Å². The number of phenolic OH excluding ortho intramolecular Hbond substituents is 1. The van der Waals surface area contributed by atoms with Crippen LogP contribution in [0.1, 0.15) is 12.5 Å². The molecule has 5 heteroatoms. The van der Waals surface area contributed by atoms with Gasteiger partial charge in [0.2, 0.25) is 5.82 Å². The minimum atomic E-state index is 0.111. The molecule has 0 fully saturated rings. The summed E-state index contributed by atoms with van der Waals surface area (Å²) in [6.07, 6.45) is 2.54. The molecule has 0 bridgehead atoms. The Morgan fingerprint density at radius 2 is 2.00 bits per heavy atom. The highest BCUT2D eigenvalue weighted by Crippen LogP contribution is 2.29. The van der Waals surface area contributed by atoms with E-state index in [1.165, 1.54) is 0 Å². The second-order valence-corrected chi connectivity index (χ2v) is 4.30.